The van der Waals surface area contributed by atoms with Gasteiger partial charge in [0.2, 0.25) is 0 Å². The predicted octanol–water partition coefficient (Wildman–Crippen LogP) is 2.98. The second kappa shape index (κ2) is 4.89. The van der Waals surface area contributed by atoms with Crippen LogP contribution in [0.15, 0.2) is 47.4 Å². The van der Waals surface area contributed by atoms with Crippen molar-refractivity contribution >= 4 is 26.7 Å². The van der Waals surface area contributed by atoms with Crippen LogP contribution in [-0.4, -0.2) is 18.4 Å². The second-order valence-corrected chi connectivity index (χ2v) is 6.66. The number of aromatic amines is 1. The molecule has 0 radical (unpaired) electrons. The number of nitrogens with one attached hydrogen (secondary N) is 2. The van der Waals surface area contributed by atoms with Crippen LogP contribution >= 0.6 is 0 Å². The number of H-pyrrole nitrogens is 1. The number of aryl methyl sites for hydroxylation is 2. The van der Waals surface area contributed by atoms with Gasteiger partial charge in [-0.1, -0.05) is 12.1 Å². The Morgan fingerprint density at radius 1 is 1.10 bits per heavy atom. The van der Waals surface area contributed by atoms with Crippen LogP contribution in [0.2, 0.25) is 0 Å². The van der Waals surface area contributed by atoms with Crippen molar-refractivity contribution in [3.63, 3.8) is 0 Å². The molecule has 21 heavy (non-hydrogen) atoms. The maximum Gasteiger partial charge on any atom is 0.261 e. The molecular weight excluding hydrogens is 286 g/mol. The molecule has 0 aliphatic rings. The summed E-state index contributed by atoms with van der Waals surface area (Å²) in [6.45, 7) is 3.72. The van der Waals surface area contributed by atoms with E-state index in [0.717, 1.165) is 22.4 Å². The third kappa shape index (κ3) is 2.75. The van der Waals surface area contributed by atoms with Crippen molar-refractivity contribution in [1.29, 1.82) is 0 Å². The molecule has 0 atom stereocenters. The lowest BCUT2D eigenvalue weighted by Gasteiger charge is -2.08. The minimum Gasteiger partial charge on any atom is -0.342 e. The molecule has 1 aromatic heterocycles. The van der Waals surface area contributed by atoms with Gasteiger partial charge < -0.3 is 4.98 Å². The molecule has 0 bridgehead atoms. The summed E-state index contributed by atoms with van der Waals surface area (Å²) >= 11 is 0. The monoisotopic (exact) mass is 301 g/mol. The summed E-state index contributed by atoms with van der Waals surface area (Å²) in [4.78, 5) is 7.63. The second-order valence-electron chi connectivity index (χ2n) is 4.98. The Morgan fingerprint density at radius 3 is 2.67 bits per heavy atom. The van der Waals surface area contributed by atoms with Crippen LogP contribution in [-0.2, 0) is 10.0 Å². The topological polar surface area (TPSA) is 74.8 Å². The number of aromatic nitrogens is 2. The first-order chi connectivity index (χ1) is 9.94. The number of fused-ring (bicyclic) bond motifs is 1. The van der Waals surface area contributed by atoms with Crippen molar-refractivity contribution in [2.24, 2.45) is 0 Å². The fourth-order valence-corrected chi connectivity index (χ4v) is 3.35. The molecule has 3 rings (SSSR count). The maximum absolute atomic E-state index is 12.4. The number of hydrogen-bond acceptors (Lipinski definition) is 3. The fourth-order valence-electron chi connectivity index (χ4n) is 2.20. The number of benzene rings is 2. The normalized spacial score (nSPS) is 11.7. The summed E-state index contributed by atoms with van der Waals surface area (Å²) in [5, 5.41) is 0. The van der Waals surface area contributed by atoms with E-state index in [0.29, 0.717) is 5.69 Å². The molecule has 0 saturated carbocycles. The van der Waals surface area contributed by atoms with E-state index in [2.05, 4.69) is 14.7 Å². The molecule has 0 fully saturated rings. The number of sulfonamides is 1. The number of imidazole rings is 1. The van der Waals surface area contributed by atoms with Crippen LogP contribution in [0.5, 0.6) is 0 Å². The summed E-state index contributed by atoms with van der Waals surface area (Å²) in [5.74, 6) is 0.795. The lowest BCUT2D eigenvalue weighted by molar-refractivity contribution is 0.601. The van der Waals surface area contributed by atoms with Crippen LogP contribution in [0.25, 0.3) is 11.0 Å². The molecule has 0 unspecified atom stereocenters. The van der Waals surface area contributed by atoms with E-state index in [4.69, 9.17) is 0 Å². The van der Waals surface area contributed by atoms with Gasteiger partial charge in [0.15, 0.2) is 0 Å². The maximum atomic E-state index is 12.4. The zero-order valence-electron chi connectivity index (χ0n) is 11.7. The van der Waals surface area contributed by atoms with Gasteiger partial charge >= 0.3 is 0 Å². The molecular formula is C15H15N3O2S. The third-order valence-electron chi connectivity index (χ3n) is 3.15. The molecule has 5 nitrogen and oxygen atoms in total. The standard InChI is InChI=1S/C15H15N3O2S/c1-10-4-3-5-13(8-10)21(19,20)18-12-6-7-14-15(9-12)17-11(2)16-14/h3-9,18H,1-2H3,(H,16,17). The van der Waals surface area contributed by atoms with Gasteiger partial charge in [0.05, 0.1) is 21.6 Å². The first kappa shape index (κ1) is 13.6. The highest BCUT2D eigenvalue weighted by Crippen LogP contribution is 2.21. The minimum atomic E-state index is -3.58. The van der Waals surface area contributed by atoms with Gasteiger partial charge in [0.25, 0.3) is 10.0 Å². The van der Waals surface area contributed by atoms with Gasteiger partial charge in [-0.2, -0.15) is 0 Å². The Labute approximate surface area is 123 Å². The summed E-state index contributed by atoms with van der Waals surface area (Å²) in [6.07, 6.45) is 0. The highest BCUT2D eigenvalue weighted by Gasteiger charge is 2.14. The molecule has 0 amide bonds. The molecule has 2 N–H and O–H groups in total. The van der Waals surface area contributed by atoms with Gasteiger partial charge in [-0.15, -0.1) is 0 Å². The molecule has 2 aromatic carbocycles. The van der Waals surface area contributed by atoms with E-state index in [1.54, 1.807) is 36.4 Å². The Morgan fingerprint density at radius 2 is 1.90 bits per heavy atom. The average Bonchev–Trinajstić information content (AvgIpc) is 2.77. The van der Waals surface area contributed by atoms with Crippen molar-refractivity contribution in [2.45, 2.75) is 18.7 Å². The summed E-state index contributed by atoms with van der Waals surface area (Å²) in [5.41, 5.74) is 3.02. The first-order valence-electron chi connectivity index (χ1n) is 6.50. The summed E-state index contributed by atoms with van der Waals surface area (Å²) in [7, 11) is -3.58. The first-order valence-corrected chi connectivity index (χ1v) is 7.98. The van der Waals surface area contributed by atoms with E-state index in [1.807, 2.05) is 19.9 Å². The van der Waals surface area contributed by atoms with E-state index in [-0.39, 0.29) is 4.90 Å². The molecule has 0 spiro atoms. The van der Waals surface area contributed by atoms with E-state index in [9.17, 15) is 8.42 Å². The SMILES string of the molecule is Cc1cccc(S(=O)(=O)Nc2ccc3nc(C)[nH]c3c2)c1. The van der Waals surface area contributed by atoms with Crippen LogP contribution in [0.1, 0.15) is 11.4 Å². The van der Waals surface area contributed by atoms with Crippen molar-refractivity contribution in [2.75, 3.05) is 4.72 Å². The smallest absolute Gasteiger partial charge is 0.261 e. The highest BCUT2D eigenvalue weighted by atomic mass is 32.2. The van der Waals surface area contributed by atoms with Gasteiger partial charge in [-0.3, -0.25) is 4.72 Å². The molecule has 6 heteroatoms. The Kier molecular flexibility index (Phi) is 3.17. The minimum absolute atomic E-state index is 0.253. The van der Waals surface area contributed by atoms with Crippen LogP contribution in [0.4, 0.5) is 5.69 Å². The molecule has 1 heterocycles. The predicted molar refractivity (Wildman–Crippen MR) is 82.8 cm³/mol. The zero-order chi connectivity index (χ0) is 15.0. The van der Waals surface area contributed by atoms with Crippen molar-refractivity contribution < 1.29 is 8.42 Å². The highest BCUT2D eigenvalue weighted by molar-refractivity contribution is 7.92. The van der Waals surface area contributed by atoms with Crippen LogP contribution in [0, 0.1) is 13.8 Å². The van der Waals surface area contributed by atoms with Crippen molar-refractivity contribution in [1.82, 2.24) is 9.97 Å². The average molecular weight is 301 g/mol. The van der Waals surface area contributed by atoms with Crippen LogP contribution < -0.4 is 4.72 Å². The number of hydrogen-bond donors (Lipinski definition) is 2. The lowest BCUT2D eigenvalue weighted by atomic mass is 10.2. The zero-order valence-corrected chi connectivity index (χ0v) is 12.5. The number of nitrogens with zero attached hydrogens (tertiary/aromatic N) is 1. The van der Waals surface area contributed by atoms with Gasteiger partial charge in [-0.25, -0.2) is 13.4 Å². The quantitative estimate of drug-likeness (QED) is 0.781. The fraction of sp³-hybridized carbons (Fsp3) is 0.133. The van der Waals surface area contributed by atoms with E-state index in [1.165, 1.54) is 0 Å². The Bertz CT molecular complexity index is 914. The van der Waals surface area contributed by atoms with Crippen LogP contribution in [0.3, 0.4) is 0 Å². The van der Waals surface area contributed by atoms with Crippen molar-refractivity contribution in [3.05, 3.63) is 53.9 Å². The van der Waals surface area contributed by atoms with Gasteiger partial charge in [0, 0.05) is 0 Å². The number of anilines is 1. The largest absolute Gasteiger partial charge is 0.342 e. The molecule has 108 valence electrons. The molecule has 0 aliphatic carbocycles. The lowest BCUT2D eigenvalue weighted by Crippen LogP contribution is -2.12. The van der Waals surface area contributed by atoms with Gasteiger partial charge in [-0.05, 0) is 49.7 Å². The third-order valence-corrected chi connectivity index (χ3v) is 4.53. The molecule has 0 aliphatic heterocycles. The number of rotatable bonds is 3. The van der Waals surface area contributed by atoms with E-state index >= 15 is 0 Å². The van der Waals surface area contributed by atoms with Crippen molar-refractivity contribution in [3.8, 4) is 0 Å². The summed E-state index contributed by atoms with van der Waals surface area (Å²) in [6, 6.07) is 12.0. The van der Waals surface area contributed by atoms with E-state index < -0.39 is 10.0 Å². The molecule has 3 aromatic rings. The molecule has 0 saturated heterocycles. The van der Waals surface area contributed by atoms with Gasteiger partial charge in [0.1, 0.15) is 5.82 Å². The Hall–Kier alpha value is -2.34. The Balaban J connectivity index is 1.96. The summed E-state index contributed by atoms with van der Waals surface area (Å²) < 4.78 is 27.3.